The van der Waals surface area contributed by atoms with Crippen molar-refractivity contribution in [3.63, 3.8) is 0 Å². The average molecular weight is 112 g/mol. The van der Waals surface area contributed by atoms with Gasteiger partial charge in [-0.05, 0) is 12.8 Å². The minimum absolute atomic E-state index is 1.19. The van der Waals surface area contributed by atoms with Gasteiger partial charge in [0.2, 0.25) is 0 Å². The quantitative estimate of drug-likeness (QED) is 0.535. The summed E-state index contributed by atoms with van der Waals surface area (Å²) in [6.07, 6.45) is 6.20. The fourth-order valence-corrected chi connectivity index (χ4v) is 1.01. The topological polar surface area (TPSA) is 29.3 Å². The lowest BCUT2D eigenvalue weighted by atomic mass is 10.4. The summed E-state index contributed by atoms with van der Waals surface area (Å²) in [5.41, 5.74) is 5.19. The van der Waals surface area contributed by atoms with E-state index < -0.39 is 0 Å². The highest BCUT2D eigenvalue weighted by atomic mass is 15.1. The standard InChI is InChI=1S/C6H12N2/c7-3-6-8-4-1-2-5-8/h3,6H,1-2,4-5,7H2/b6-3-. The summed E-state index contributed by atoms with van der Waals surface area (Å²) < 4.78 is 0. The molecule has 0 aliphatic carbocycles. The van der Waals surface area contributed by atoms with E-state index in [-0.39, 0.29) is 0 Å². The third-order valence-corrected chi connectivity index (χ3v) is 1.44. The lowest BCUT2D eigenvalue weighted by Gasteiger charge is -2.08. The van der Waals surface area contributed by atoms with Crippen molar-refractivity contribution in [1.29, 1.82) is 0 Å². The van der Waals surface area contributed by atoms with Gasteiger partial charge >= 0.3 is 0 Å². The normalized spacial score (nSPS) is 20.8. The molecule has 0 radical (unpaired) electrons. The molecule has 46 valence electrons. The number of likely N-dealkylation sites (tertiary alicyclic amines) is 1. The summed E-state index contributed by atoms with van der Waals surface area (Å²) in [6.45, 7) is 2.38. The van der Waals surface area contributed by atoms with E-state index in [1.54, 1.807) is 6.20 Å². The van der Waals surface area contributed by atoms with Crippen molar-refractivity contribution in [2.24, 2.45) is 5.73 Å². The largest absolute Gasteiger partial charge is 0.403 e. The fraction of sp³-hybridized carbons (Fsp3) is 0.667. The summed E-state index contributed by atoms with van der Waals surface area (Å²) in [7, 11) is 0. The molecule has 0 spiro atoms. The molecule has 0 saturated carbocycles. The van der Waals surface area contributed by atoms with Gasteiger partial charge in [0.05, 0.1) is 0 Å². The molecule has 1 heterocycles. The van der Waals surface area contributed by atoms with Crippen molar-refractivity contribution < 1.29 is 0 Å². The highest BCUT2D eigenvalue weighted by Gasteiger charge is 2.04. The van der Waals surface area contributed by atoms with Crippen molar-refractivity contribution in [3.8, 4) is 0 Å². The predicted octanol–water partition coefficient (Wildman–Crippen LogP) is 0.512. The first-order valence-corrected chi connectivity index (χ1v) is 3.06. The van der Waals surface area contributed by atoms with Crippen LogP contribution < -0.4 is 5.73 Å². The molecule has 2 nitrogen and oxygen atoms in total. The van der Waals surface area contributed by atoms with Gasteiger partial charge in [-0.1, -0.05) is 0 Å². The summed E-state index contributed by atoms with van der Waals surface area (Å²) >= 11 is 0. The molecule has 0 aromatic heterocycles. The molecule has 8 heavy (non-hydrogen) atoms. The van der Waals surface area contributed by atoms with Gasteiger partial charge < -0.3 is 10.6 Å². The van der Waals surface area contributed by atoms with E-state index in [1.165, 1.54) is 25.9 Å². The molecule has 0 unspecified atom stereocenters. The molecule has 0 amide bonds. The maximum atomic E-state index is 5.19. The highest BCUT2D eigenvalue weighted by Crippen LogP contribution is 2.05. The van der Waals surface area contributed by atoms with Crippen LogP contribution >= 0.6 is 0 Å². The zero-order valence-electron chi connectivity index (χ0n) is 5.01. The van der Waals surface area contributed by atoms with Gasteiger partial charge in [-0.3, -0.25) is 0 Å². The Kier molecular flexibility index (Phi) is 1.78. The third kappa shape index (κ3) is 1.15. The van der Waals surface area contributed by atoms with Crippen LogP contribution in [0, 0.1) is 0 Å². The van der Waals surface area contributed by atoms with Gasteiger partial charge in [0, 0.05) is 25.5 Å². The summed E-state index contributed by atoms with van der Waals surface area (Å²) in [5, 5.41) is 0. The van der Waals surface area contributed by atoms with Crippen LogP contribution in [0.25, 0.3) is 0 Å². The van der Waals surface area contributed by atoms with Crippen LogP contribution in [-0.2, 0) is 0 Å². The molecule has 1 aliphatic rings. The van der Waals surface area contributed by atoms with Crippen LogP contribution in [0.2, 0.25) is 0 Å². The van der Waals surface area contributed by atoms with Crippen LogP contribution in [-0.4, -0.2) is 18.0 Å². The van der Waals surface area contributed by atoms with Crippen LogP contribution in [0.4, 0.5) is 0 Å². The molecule has 2 heteroatoms. The van der Waals surface area contributed by atoms with E-state index in [0.29, 0.717) is 0 Å². The third-order valence-electron chi connectivity index (χ3n) is 1.44. The first-order chi connectivity index (χ1) is 3.93. The van der Waals surface area contributed by atoms with E-state index in [1.807, 2.05) is 6.20 Å². The second-order valence-electron chi connectivity index (χ2n) is 2.08. The van der Waals surface area contributed by atoms with E-state index in [0.717, 1.165) is 0 Å². The lowest BCUT2D eigenvalue weighted by molar-refractivity contribution is 0.467. The molecule has 2 N–H and O–H groups in total. The Morgan fingerprint density at radius 1 is 1.25 bits per heavy atom. The minimum atomic E-state index is 1.19. The summed E-state index contributed by atoms with van der Waals surface area (Å²) in [5.74, 6) is 0. The van der Waals surface area contributed by atoms with Crippen molar-refractivity contribution in [2.75, 3.05) is 13.1 Å². The first kappa shape index (κ1) is 5.48. The van der Waals surface area contributed by atoms with Gasteiger partial charge in [0.25, 0.3) is 0 Å². The number of rotatable bonds is 1. The van der Waals surface area contributed by atoms with Crippen molar-refractivity contribution >= 4 is 0 Å². The van der Waals surface area contributed by atoms with Crippen LogP contribution in [0.3, 0.4) is 0 Å². The van der Waals surface area contributed by atoms with Crippen molar-refractivity contribution in [3.05, 3.63) is 12.4 Å². The second kappa shape index (κ2) is 2.60. The highest BCUT2D eigenvalue weighted by molar-refractivity contribution is 4.80. The Hall–Kier alpha value is -0.660. The number of hydrogen-bond donors (Lipinski definition) is 1. The lowest BCUT2D eigenvalue weighted by Crippen LogP contribution is -2.10. The Morgan fingerprint density at radius 3 is 2.38 bits per heavy atom. The number of hydrogen-bond acceptors (Lipinski definition) is 2. The Balaban J connectivity index is 2.24. The first-order valence-electron chi connectivity index (χ1n) is 3.06. The minimum Gasteiger partial charge on any atom is -0.403 e. The van der Waals surface area contributed by atoms with Crippen LogP contribution in [0.15, 0.2) is 12.4 Å². The van der Waals surface area contributed by atoms with Crippen molar-refractivity contribution in [2.45, 2.75) is 12.8 Å². The zero-order valence-corrected chi connectivity index (χ0v) is 5.01. The van der Waals surface area contributed by atoms with Gasteiger partial charge in [-0.15, -0.1) is 0 Å². The Morgan fingerprint density at radius 2 is 1.88 bits per heavy atom. The van der Waals surface area contributed by atoms with E-state index in [2.05, 4.69) is 4.90 Å². The molecule has 1 rings (SSSR count). The van der Waals surface area contributed by atoms with Gasteiger partial charge in [-0.25, -0.2) is 0 Å². The molecule has 0 aromatic carbocycles. The number of nitrogens with two attached hydrogens (primary N) is 1. The molecule has 1 aliphatic heterocycles. The molecule has 0 bridgehead atoms. The van der Waals surface area contributed by atoms with Gasteiger partial charge in [0.1, 0.15) is 0 Å². The Bertz CT molecular complexity index is 82.5. The molecule has 1 fully saturated rings. The average Bonchev–Trinajstić information content (AvgIpc) is 2.19. The van der Waals surface area contributed by atoms with E-state index in [4.69, 9.17) is 5.73 Å². The summed E-state index contributed by atoms with van der Waals surface area (Å²) in [4.78, 5) is 2.24. The van der Waals surface area contributed by atoms with Gasteiger partial charge in [-0.2, -0.15) is 0 Å². The molecule has 1 saturated heterocycles. The predicted molar refractivity (Wildman–Crippen MR) is 34.1 cm³/mol. The van der Waals surface area contributed by atoms with Crippen molar-refractivity contribution in [1.82, 2.24) is 4.90 Å². The molecular formula is C6H12N2. The van der Waals surface area contributed by atoms with Crippen LogP contribution in [0.5, 0.6) is 0 Å². The molecule has 0 aromatic rings. The van der Waals surface area contributed by atoms with Crippen LogP contribution in [0.1, 0.15) is 12.8 Å². The Labute approximate surface area is 50.0 Å². The van der Waals surface area contributed by atoms with E-state index >= 15 is 0 Å². The second-order valence-corrected chi connectivity index (χ2v) is 2.08. The fourth-order valence-electron chi connectivity index (χ4n) is 1.01. The zero-order chi connectivity index (χ0) is 5.82. The monoisotopic (exact) mass is 112 g/mol. The number of nitrogens with zero attached hydrogens (tertiary/aromatic N) is 1. The SMILES string of the molecule is N/C=C\N1CCCC1. The smallest absolute Gasteiger partial charge is 0.0173 e. The maximum Gasteiger partial charge on any atom is 0.0173 e. The molecular weight excluding hydrogens is 100 g/mol. The maximum absolute atomic E-state index is 5.19. The van der Waals surface area contributed by atoms with E-state index in [9.17, 15) is 0 Å². The van der Waals surface area contributed by atoms with Gasteiger partial charge in [0.15, 0.2) is 0 Å². The molecule has 0 atom stereocenters. The summed E-state index contributed by atoms with van der Waals surface area (Å²) in [6, 6.07) is 0.